The van der Waals surface area contributed by atoms with Gasteiger partial charge in [0.2, 0.25) is 0 Å². The SMILES string of the molecule is CC=CCN1CC(O)CC1CN(C)C. The first kappa shape index (κ1) is 11.7. The van der Waals surface area contributed by atoms with Crippen LogP contribution in [0.25, 0.3) is 0 Å². The molecule has 0 saturated carbocycles. The number of rotatable bonds is 4. The number of aliphatic hydroxyl groups is 1. The number of allylic oxidation sites excluding steroid dienone is 1. The highest BCUT2D eigenvalue weighted by Crippen LogP contribution is 2.17. The first-order valence-corrected chi connectivity index (χ1v) is 5.31. The van der Waals surface area contributed by atoms with E-state index >= 15 is 0 Å². The maximum absolute atomic E-state index is 9.60. The minimum Gasteiger partial charge on any atom is -0.392 e. The fraction of sp³-hybridized carbons (Fsp3) is 0.818. The fourth-order valence-electron chi connectivity index (χ4n) is 2.03. The molecule has 14 heavy (non-hydrogen) atoms. The van der Waals surface area contributed by atoms with Crippen molar-refractivity contribution < 1.29 is 5.11 Å². The smallest absolute Gasteiger partial charge is 0.0682 e. The van der Waals surface area contributed by atoms with Crippen molar-refractivity contribution in [3.8, 4) is 0 Å². The van der Waals surface area contributed by atoms with Gasteiger partial charge in [0, 0.05) is 25.7 Å². The molecule has 0 bridgehead atoms. The van der Waals surface area contributed by atoms with Crippen LogP contribution in [0.5, 0.6) is 0 Å². The van der Waals surface area contributed by atoms with E-state index < -0.39 is 0 Å². The van der Waals surface area contributed by atoms with E-state index in [9.17, 15) is 5.11 Å². The maximum atomic E-state index is 9.60. The second-order valence-corrected chi connectivity index (χ2v) is 4.33. The van der Waals surface area contributed by atoms with Crippen molar-refractivity contribution in [2.45, 2.75) is 25.5 Å². The van der Waals surface area contributed by atoms with Crippen LogP contribution in [0.15, 0.2) is 12.2 Å². The zero-order valence-electron chi connectivity index (χ0n) is 9.48. The van der Waals surface area contributed by atoms with Gasteiger partial charge in [-0.3, -0.25) is 4.90 Å². The molecule has 1 saturated heterocycles. The van der Waals surface area contributed by atoms with Crippen LogP contribution in [-0.2, 0) is 0 Å². The Balaban J connectivity index is 2.44. The van der Waals surface area contributed by atoms with Crippen LogP contribution in [0.3, 0.4) is 0 Å². The third-order valence-corrected chi connectivity index (χ3v) is 2.66. The van der Waals surface area contributed by atoms with E-state index in [1.165, 1.54) is 0 Å². The van der Waals surface area contributed by atoms with Crippen LogP contribution in [0, 0.1) is 0 Å². The molecule has 1 aliphatic heterocycles. The number of hydrogen-bond donors (Lipinski definition) is 1. The summed E-state index contributed by atoms with van der Waals surface area (Å²) in [5.41, 5.74) is 0. The summed E-state index contributed by atoms with van der Waals surface area (Å²) < 4.78 is 0. The normalized spacial score (nSPS) is 29.5. The average molecular weight is 198 g/mol. The molecule has 2 atom stereocenters. The number of likely N-dealkylation sites (tertiary alicyclic amines) is 1. The van der Waals surface area contributed by atoms with Gasteiger partial charge in [0.15, 0.2) is 0 Å². The summed E-state index contributed by atoms with van der Waals surface area (Å²) in [6.07, 6.45) is 5.00. The Morgan fingerprint density at radius 3 is 2.79 bits per heavy atom. The lowest BCUT2D eigenvalue weighted by molar-refractivity contribution is 0.178. The van der Waals surface area contributed by atoms with Crippen molar-refractivity contribution in [3.63, 3.8) is 0 Å². The maximum Gasteiger partial charge on any atom is 0.0682 e. The number of likely N-dealkylation sites (N-methyl/N-ethyl adjacent to an activating group) is 1. The summed E-state index contributed by atoms with van der Waals surface area (Å²) in [5, 5.41) is 9.60. The van der Waals surface area contributed by atoms with Gasteiger partial charge in [-0.05, 0) is 27.4 Å². The third-order valence-electron chi connectivity index (χ3n) is 2.66. The topological polar surface area (TPSA) is 26.7 Å². The van der Waals surface area contributed by atoms with Gasteiger partial charge in [0.05, 0.1) is 6.10 Å². The Labute approximate surface area is 87.0 Å². The summed E-state index contributed by atoms with van der Waals surface area (Å²) in [6, 6.07) is 0.510. The lowest BCUT2D eigenvalue weighted by atomic mass is 10.2. The molecule has 3 nitrogen and oxygen atoms in total. The van der Waals surface area contributed by atoms with Crippen molar-refractivity contribution in [2.75, 3.05) is 33.7 Å². The predicted octanol–water partition coefficient (Wildman–Crippen LogP) is 0.559. The van der Waals surface area contributed by atoms with Gasteiger partial charge in [-0.25, -0.2) is 0 Å². The van der Waals surface area contributed by atoms with Crippen LogP contribution >= 0.6 is 0 Å². The Morgan fingerprint density at radius 1 is 1.50 bits per heavy atom. The van der Waals surface area contributed by atoms with Gasteiger partial charge in [0.1, 0.15) is 0 Å². The third kappa shape index (κ3) is 3.40. The van der Waals surface area contributed by atoms with E-state index in [0.717, 1.165) is 26.1 Å². The molecule has 0 aromatic carbocycles. The molecule has 1 heterocycles. The second-order valence-electron chi connectivity index (χ2n) is 4.33. The minimum absolute atomic E-state index is 0.134. The standard InChI is InChI=1S/C11H22N2O/c1-4-5-6-13-9-11(14)7-10(13)8-12(2)3/h4-5,10-11,14H,6-9H2,1-3H3. The molecule has 82 valence electrons. The number of aliphatic hydroxyl groups excluding tert-OH is 1. The van der Waals surface area contributed by atoms with E-state index in [0.29, 0.717) is 6.04 Å². The highest BCUT2D eigenvalue weighted by molar-refractivity contribution is 4.91. The fourth-order valence-corrected chi connectivity index (χ4v) is 2.03. The van der Waals surface area contributed by atoms with Crippen molar-refractivity contribution in [1.82, 2.24) is 9.80 Å². The molecule has 0 aliphatic carbocycles. The molecular weight excluding hydrogens is 176 g/mol. The summed E-state index contributed by atoms with van der Waals surface area (Å²) in [4.78, 5) is 4.54. The average Bonchev–Trinajstić information content (AvgIpc) is 2.41. The van der Waals surface area contributed by atoms with E-state index in [2.05, 4.69) is 36.0 Å². The second kappa shape index (κ2) is 5.49. The van der Waals surface area contributed by atoms with Crippen molar-refractivity contribution in [2.24, 2.45) is 0 Å². The lowest BCUT2D eigenvalue weighted by Crippen LogP contribution is -2.37. The molecule has 2 unspecified atom stereocenters. The highest BCUT2D eigenvalue weighted by Gasteiger charge is 2.29. The van der Waals surface area contributed by atoms with E-state index in [-0.39, 0.29) is 6.10 Å². The Kier molecular flexibility index (Phi) is 4.58. The molecule has 1 aliphatic rings. The summed E-state index contributed by atoms with van der Waals surface area (Å²) in [5.74, 6) is 0. The molecule has 0 spiro atoms. The van der Waals surface area contributed by atoms with Crippen LogP contribution in [0.2, 0.25) is 0 Å². The molecular formula is C11H22N2O. The van der Waals surface area contributed by atoms with Gasteiger partial charge in [-0.2, -0.15) is 0 Å². The monoisotopic (exact) mass is 198 g/mol. The van der Waals surface area contributed by atoms with Crippen LogP contribution < -0.4 is 0 Å². The van der Waals surface area contributed by atoms with Crippen LogP contribution in [0.1, 0.15) is 13.3 Å². The number of nitrogens with zero attached hydrogens (tertiary/aromatic N) is 2. The summed E-state index contributed by atoms with van der Waals surface area (Å²) >= 11 is 0. The molecule has 0 aromatic heterocycles. The van der Waals surface area contributed by atoms with Gasteiger partial charge < -0.3 is 10.0 Å². The van der Waals surface area contributed by atoms with E-state index in [1.807, 2.05) is 6.92 Å². The zero-order valence-corrected chi connectivity index (χ0v) is 9.48. The summed E-state index contributed by atoms with van der Waals surface area (Å²) in [7, 11) is 4.16. The van der Waals surface area contributed by atoms with Crippen molar-refractivity contribution in [1.29, 1.82) is 0 Å². The van der Waals surface area contributed by atoms with Gasteiger partial charge >= 0.3 is 0 Å². The van der Waals surface area contributed by atoms with Crippen LogP contribution in [0.4, 0.5) is 0 Å². The largest absolute Gasteiger partial charge is 0.392 e. The van der Waals surface area contributed by atoms with E-state index in [4.69, 9.17) is 0 Å². The summed E-state index contributed by atoms with van der Waals surface area (Å²) in [6.45, 7) is 4.86. The Bertz CT molecular complexity index is 192. The zero-order chi connectivity index (χ0) is 10.6. The molecule has 3 heteroatoms. The number of β-amino-alcohol motifs (C(OH)–C–C–N with tert-alkyl or cyclic N) is 1. The molecule has 1 fully saturated rings. The molecule has 0 radical (unpaired) electrons. The quantitative estimate of drug-likeness (QED) is 0.669. The van der Waals surface area contributed by atoms with Gasteiger partial charge in [0.25, 0.3) is 0 Å². The molecule has 1 N–H and O–H groups in total. The lowest BCUT2D eigenvalue weighted by Gasteiger charge is -2.25. The predicted molar refractivity (Wildman–Crippen MR) is 59.4 cm³/mol. The minimum atomic E-state index is -0.134. The molecule has 1 rings (SSSR count). The van der Waals surface area contributed by atoms with Crippen molar-refractivity contribution >= 4 is 0 Å². The Hall–Kier alpha value is -0.380. The molecule has 0 amide bonds. The van der Waals surface area contributed by atoms with Crippen molar-refractivity contribution in [3.05, 3.63) is 12.2 Å². The number of hydrogen-bond acceptors (Lipinski definition) is 3. The van der Waals surface area contributed by atoms with Gasteiger partial charge in [-0.1, -0.05) is 12.2 Å². The van der Waals surface area contributed by atoms with Crippen LogP contribution in [-0.4, -0.2) is 60.8 Å². The van der Waals surface area contributed by atoms with E-state index in [1.54, 1.807) is 0 Å². The Morgan fingerprint density at radius 2 is 2.21 bits per heavy atom. The highest BCUT2D eigenvalue weighted by atomic mass is 16.3. The molecule has 0 aromatic rings. The first-order chi connectivity index (χ1) is 6.63. The van der Waals surface area contributed by atoms with Gasteiger partial charge in [-0.15, -0.1) is 0 Å². The first-order valence-electron chi connectivity index (χ1n) is 5.31.